The number of halogens is 1. The van der Waals surface area contributed by atoms with Crippen LogP contribution >= 0.6 is 11.6 Å². The fraction of sp³-hybridized carbons (Fsp3) is 0.538. The first-order chi connectivity index (χ1) is 9.86. The number of benzene rings is 1. The zero-order valence-electron chi connectivity index (χ0n) is 12.3. The van der Waals surface area contributed by atoms with Crippen LogP contribution in [0.15, 0.2) is 23.1 Å². The van der Waals surface area contributed by atoms with Crippen LogP contribution in [-0.4, -0.2) is 53.7 Å². The van der Waals surface area contributed by atoms with Gasteiger partial charge in [0.1, 0.15) is 0 Å². The standard InChI is InChI=1S/C13H22ClN3O3S/c1-17(2)6-8-20-7-5-16-21(18,19)12-4-3-11(10-15)13(14)9-12/h3-4,9,16H,5-8,10,15H2,1-2H3. The van der Waals surface area contributed by atoms with E-state index in [1.165, 1.54) is 12.1 Å². The van der Waals surface area contributed by atoms with Gasteiger partial charge >= 0.3 is 0 Å². The minimum Gasteiger partial charge on any atom is -0.379 e. The molecule has 0 heterocycles. The third-order valence-electron chi connectivity index (χ3n) is 2.78. The molecule has 1 rings (SSSR count). The highest BCUT2D eigenvalue weighted by Gasteiger charge is 2.14. The number of hydrogen-bond donors (Lipinski definition) is 2. The van der Waals surface area contributed by atoms with Crippen LogP contribution < -0.4 is 10.5 Å². The Bertz CT molecular complexity index is 550. The van der Waals surface area contributed by atoms with E-state index in [1.54, 1.807) is 6.07 Å². The normalized spacial score (nSPS) is 12.0. The minimum atomic E-state index is -3.58. The summed E-state index contributed by atoms with van der Waals surface area (Å²) in [4.78, 5) is 2.11. The van der Waals surface area contributed by atoms with Crippen molar-refractivity contribution in [1.29, 1.82) is 0 Å². The van der Waals surface area contributed by atoms with Crippen molar-refractivity contribution < 1.29 is 13.2 Å². The van der Waals surface area contributed by atoms with Gasteiger partial charge in [-0.05, 0) is 31.8 Å². The van der Waals surface area contributed by atoms with Crippen molar-refractivity contribution in [1.82, 2.24) is 9.62 Å². The summed E-state index contributed by atoms with van der Waals surface area (Å²) in [6.45, 7) is 2.16. The van der Waals surface area contributed by atoms with Crippen LogP contribution in [0.2, 0.25) is 5.02 Å². The molecule has 0 aliphatic carbocycles. The first-order valence-electron chi connectivity index (χ1n) is 6.57. The van der Waals surface area contributed by atoms with Gasteiger partial charge in [-0.15, -0.1) is 0 Å². The number of ether oxygens (including phenoxy) is 1. The lowest BCUT2D eigenvalue weighted by Crippen LogP contribution is -2.28. The van der Waals surface area contributed by atoms with Gasteiger partial charge in [0.05, 0.1) is 18.1 Å². The Morgan fingerprint density at radius 3 is 2.62 bits per heavy atom. The minimum absolute atomic E-state index is 0.123. The maximum Gasteiger partial charge on any atom is 0.240 e. The highest BCUT2D eigenvalue weighted by molar-refractivity contribution is 7.89. The maximum atomic E-state index is 12.1. The summed E-state index contributed by atoms with van der Waals surface area (Å²) < 4.78 is 31.9. The van der Waals surface area contributed by atoms with Crippen LogP contribution in [0.4, 0.5) is 0 Å². The Kier molecular flexibility index (Phi) is 7.58. The Morgan fingerprint density at radius 1 is 1.33 bits per heavy atom. The molecule has 3 N–H and O–H groups in total. The third-order valence-corrected chi connectivity index (χ3v) is 4.59. The maximum absolute atomic E-state index is 12.1. The average Bonchev–Trinajstić information content (AvgIpc) is 2.42. The highest BCUT2D eigenvalue weighted by atomic mass is 35.5. The van der Waals surface area contributed by atoms with Crippen LogP contribution in [0.1, 0.15) is 5.56 Å². The molecule has 0 bridgehead atoms. The number of nitrogens with zero attached hydrogens (tertiary/aromatic N) is 1. The van der Waals surface area contributed by atoms with Crippen molar-refractivity contribution in [3.05, 3.63) is 28.8 Å². The average molecular weight is 336 g/mol. The highest BCUT2D eigenvalue weighted by Crippen LogP contribution is 2.20. The predicted octanol–water partition coefficient (Wildman–Crippen LogP) is 0.655. The van der Waals surface area contributed by atoms with E-state index in [2.05, 4.69) is 4.72 Å². The summed E-state index contributed by atoms with van der Waals surface area (Å²) in [7, 11) is 0.314. The van der Waals surface area contributed by atoms with Crippen molar-refractivity contribution in [2.45, 2.75) is 11.4 Å². The molecule has 0 atom stereocenters. The van der Waals surface area contributed by atoms with E-state index in [0.29, 0.717) is 23.8 Å². The number of nitrogens with one attached hydrogen (secondary N) is 1. The Labute approximate surface area is 131 Å². The topological polar surface area (TPSA) is 84.7 Å². The summed E-state index contributed by atoms with van der Waals surface area (Å²) in [5.41, 5.74) is 6.20. The number of hydrogen-bond acceptors (Lipinski definition) is 5. The smallest absolute Gasteiger partial charge is 0.240 e. The molecule has 0 radical (unpaired) electrons. The summed E-state index contributed by atoms with van der Waals surface area (Å²) in [6, 6.07) is 4.51. The number of likely N-dealkylation sites (N-methyl/N-ethyl adjacent to an activating group) is 1. The van der Waals surface area contributed by atoms with Crippen LogP contribution in [0.5, 0.6) is 0 Å². The molecular weight excluding hydrogens is 314 g/mol. The van der Waals surface area contributed by atoms with Gasteiger partial charge in [-0.1, -0.05) is 17.7 Å². The SMILES string of the molecule is CN(C)CCOCCNS(=O)(=O)c1ccc(CN)c(Cl)c1. The molecular formula is C13H22ClN3O3S. The molecule has 1 aromatic carbocycles. The third kappa shape index (κ3) is 6.29. The monoisotopic (exact) mass is 335 g/mol. The molecule has 0 unspecified atom stereocenters. The van der Waals surface area contributed by atoms with E-state index < -0.39 is 10.0 Å². The van der Waals surface area contributed by atoms with Gasteiger partial charge in [0, 0.05) is 24.7 Å². The molecule has 6 nitrogen and oxygen atoms in total. The van der Waals surface area contributed by atoms with Gasteiger partial charge in [-0.3, -0.25) is 0 Å². The number of rotatable bonds is 9. The van der Waals surface area contributed by atoms with Crippen molar-refractivity contribution in [3.63, 3.8) is 0 Å². The van der Waals surface area contributed by atoms with Gasteiger partial charge in [-0.25, -0.2) is 13.1 Å². The molecule has 8 heteroatoms. The Hall–Kier alpha value is -0.700. The summed E-state index contributed by atoms with van der Waals surface area (Å²) in [5.74, 6) is 0. The lowest BCUT2D eigenvalue weighted by Gasteiger charge is -2.11. The van der Waals surface area contributed by atoms with Gasteiger partial charge in [0.2, 0.25) is 10.0 Å². The molecule has 0 aliphatic heterocycles. The van der Waals surface area contributed by atoms with Crippen molar-refractivity contribution in [2.75, 3.05) is 40.4 Å². The lowest BCUT2D eigenvalue weighted by atomic mass is 10.2. The lowest BCUT2D eigenvalue weighted by molar-refractivity contribution is 0.122. The van der Waals surface area contributed by atoms with Gasteiger partial charge in [0.25, 0.3) is 0 Å². The molecule has 0 amide bonds. The molecule has 1 aromatic rings. The van der Waals surface area contributed by atoms with Gasteiger partial charge in [-0.2, -0.15) is 0 Å². The van der Waals surface area contributed by atoms with Crippen LogP contribution in [0.25, 0.3) is 0 Å². The van der Waals surface area contributed by atoms with Gasteiger partial charge < -0.3 is 15.4 Å². The zero-order valence-corrected chi connectivity index (χ0v) is 13.9. The van der Waals surface area contributed by atoms with E-state index in [9.17, 15) is 8.42 Å². The molecule has 120 valence electrons. The zero-order chi connectivity index (χ0) is 15.9. The summed E-state index contributed by atoms with van der Waals surface area (Å²) in [5, 5.41) is 0.350. The molecule has 0 saturated heterocycles. The summed E-state index contributed by atoms with van der Waals surface area (Å²) >= 11 is 5.97. The molecule has 0 aromatic heterocycles. The van der Waals surface area contributed by atoms with E-state index in [1.807, 2.05) is 19.0 Å². The first-order valence-corrected chi connectivity index (χ1v) is 8.43. The second-order valence-corrected chi connectivity index (χ2v) is 6.94. The van der Waals surface area contributed by atoms with Crippen LogP contribution in [-0.2, 0) is 21.3 Å². The van der Waals surface area contributed by atoms with E-state index in [4.69, 9.17) is 22.1 Å². The summed E-state index contributed by atoms with van der Waals surface area (Å²) in [6.07, 6.45) is 0. The molecule has 0 aliphatic rings. The quantitative estimate of drug-likeness (QED) is 0.647. The number of nitrogens with two attached hydrogens (primary N) is 1. The Morgan fingerprint density at radius 2 is 2.05 bits per heavy atom. The van der Waals surface area contributed by atoms with Crippen molar-refractivity contribution in [3.8, 4) is 0 Å². The molecule has 21 heavy (non-hydrogen) atoms. The number of sulfonamides is 1. The molecule has 0 spiro atoms. The van der Waals surface area contributed by atoms with E-state index in [0.717, 1.165) is 6.54 Å². The predicted molar refractivity (Wildman–Crippen MR) is 83.9 cm³/mol. The first kappa shape index (κ1) is 18.3. The Balaban J connectivity index is 2.48. The van der Waals surface area contributed by atoms with Crippen molar-refractivity contribution in [2.24, 2.45) is 5.73 Å². The second-order valence-electron chi connectivity index (χ2n) is 4.77. The molecule has 0 saturated carbocycles. The van der Waals surface area contributed by atoms with Crippen LogP contribution in [0.3, 0.4) is 0 Å². The van der Waals surface area contributed by atoms with Gasteiger partial charge in [0.15, 0.2) is 0 Å². The van der Waals surface area contributed by atoms with E-state index in [-0.39, 0.29) is 18.0 Å². The van der Waals surface area contributed by atoms with E-state index >= 15 is 0 Å². The van der Waals surface area contributed by atoms with Crippen LogP contribution in [0, 0.1) is 0 Å². The fourth-order valence-corrected chi connectivity index (χ4v) is 2.90. The van der Waals surface area contributed by atoms with Crippen molar-refractivity contribution >= 4 is 21.6 Å². The second kappa shape index (κ2) is 8.67. The fourth-order valence-electron chi connectivity index (χ4n) is 1.54. The largest absolute Gasteiger partial charge is 0.379 e. The molecule has 0 fully saturated rings.